The van der Waals surface area contributed by atoms with Crippen molar-refractivity contribution in [2.75, 3.05) is 0 Å². The SMILES string of the molecule is CC(C)c1ncc2cc(C(C)C)c(C(C)C)cc2n1. The van der Waals surface area contributed by atoms with Crippen molar-refractivity contribution in [3.8, 4) is 0 Å². The van der Waals surface area contributed by atoms with Crippen molar-refractivity contribution in [1.82, 2.24) is 9.97 Å². The van der Waals surface area contributed by atoms with E-state index in [-0.39, 0.29) is 0 Å². The second-order valence-electron chi connectivity index (χ2n) is 6.23. The van der Waals surface area contributed by atoms with E-state index in [9.17, 15) is 0 Å². The number of fused-ring (bicyclic) bond motifs is 1. The third-order valence-corrected chi connectivity index (χ3v) is 3.56. The maximum absolute atomic E-state index is 4.71. The molecule has 2 nitrogen and oxygen atoms in total. The highest BCUT2D eigenvalue weighted by Gasteiger charge is 2.13. The van der Waals surface area contributed by atoms with Crippen LogP contribution in [0.5, 0.6) is 0 Å². The van der Waals surface area contributed by atoms with Gasteiger partial charge < -0.3 is 0 Å². The molecule has 0 atom stereocenters. The highest BCUT2D eigenvalue weighted by molar-refractivity contribution is 5.80. The molecule has 19 heavy (non-hydrogen) atoms. The van der Waals surface area contributed by atoms with Gasteiger partial charge in [0.25, 0.3) is 0 Å². The smallest absolute Gasteiger partial charge is 0.131 e. The van der Waals surface area contributed by atoms with Crippen LogP contribution in [0.15, 0.2) is 18.3 Å². The van der Waals surface area contributed by atoms with Crippen molar-refractivity contribution >= 4 is 10.9 Å². The summed E-state index contributed by atoms with van der Waals surface area (Å²) in [7, 11) is 0. The summed E-state index contributed by atoms with van der Waals surface area (Å²) in [4.78, 5) is 9.18. The third-order valence-electron chi connectivity index (χ3n) is 3.56. The van der Waals surface area contributed by atoms with Gasteiger partial charge in [-0.25, -0.2) is 9.97 Å². The predicted octanol–water partition coefficient (Wildman–Crippen LogP) is 5.00. The van der Waals surface area contributed by atoms with Gasteiger partial charge in [-0.15, -0.1) is 0 Å². The molecule has 1 aromatic carbocycles. The van der Waals surface area contributed by atoms with Gasteiger partial charge in [0.1, 0.15) is 5.82 Å². The highest BCUT2D eigenvalue weighted by Crippen LogP contribution is 2.30. The second-order valence-corrected chi connectivity index (χ2v) is 6.23. The number of rotatable bonds is 3. The molecule has 1 heterocycles. The van der Waals surface area contributed by atoms with Crippen LogP contribution >= 0.6 is 0 Å². The van der Waals surface area contributed by atoms with Crippen LogP contribution < -0.4 is 0 Å². The van der Waals surface area contributed by atoms with Crippen molar-refractivity contribution in [2.24, 2.45) is 0 Å². The normalized spacial score (nSPS) is 12.1. The van der Waals surface area contributed by atoms with Gasteiger partial charge in [-0.05, 0) is 35.1 Å². The lowest BCUT2D eigenvalue weighted by atomic mass is 9.89. The van der Waals surface area contributed by atoms with E-state index in [0.717, 1.165) is 16.7 Å². The van der Waals surface area contributed by atoms with Gasteiger partial charge >= 0.3 is 0 Å². The van der Waals surface area contributed by atoms with E-state index in [1.165, 1.54) is 11.1 Å². The van der Waals surface area contributed by atoms with Crippen LogP contribution in [0.1, 0.15) is 76.2 Å². The van der Waals surface area contributed by atoms with Crippen molar-refractivity contribution in [3.05, 3.63) is 35.3 Å². The summed E-state index contributed by atoms with van der Waals surface area (Å²) >= 11 is 0. The Hall–Kier alpha value is -1.44. The molecule has 1 aromatic heterocycles. The summed E-state index contributed by atoms with van der Waals surface area (Å²) in [6, 6.07) is 4.52. The Kier molecular flexibility index (Phi) is 3.88. The number of nitrogens with zero attached hydrogens (tertiary/aromatic N) is 2. The number of hydrogen-bond acceptors (Lipinski definition) is 2. The lowest BCUT2D eigenvalue weighted by Crippen LogP contribution is -2.02. The van der Waals surface area contributed by atoms with Crippen molar-refractivity contribution in [3.63, 3.8) is 0 Å². The average Bonchev–Trinajstić information content (AvgIpc) is 2.36. The first kappa shape index (κ1) is 14.0. The molecule has 0 saturated carbocycles. The standard InChI is InChI=1S/C17H24N2/c1-10(2)14-7-13-9-18-17(12(5)6)19-16(13)8-15(14)11(3)4/h7-12H,1-6H3. The lowest BCUT2D eigenvalue weighted by Gasteiger charge is -2.17. The number of benzene rings is 1. The van der Waals surface area contributed by atoms with Gasteiger partial charge in [0.2, 0.25) is 0 Å². The Morgan fingerprint density at radius 1 is 0.789 bits per heavy atom. The molecule has 0 fully saturated rings. The van der Waals surface area contributed by atoms with E-state index in [0.29, 0.717) is 17.8 Å². The van der Waals surface area contributed by atoms with E-state index in [4.69, 9.17) is 4.98 Å². The minimum absolute atomic E-state index is 0.372. The van der Waals surface area contributed by atoms with E-state index in [1.54, 1.807) is 0 Å². The second kappa shape index (κ2) is 5.28. The van der Waals surface area contributed by atoms with Gasteiger partial charge in [-0.1, -0.05) is 41.5 Å². The molecule has 0 spiro atoms. The van der Waals surface area contributed by atoms with E-state index < -0.39 is 0 Å². The average molecular weight is 256 g/mol. The molecule has 0 saturated heterocycles. The highest BCUT2D eigenvalue weighted by atomic mass is 14.9. The fourth-order valence-corrected chi connectivity index (χ4v) is 2.41. The lowest BCUT2D eigenvalue weighted by molar-refractivity contribution is 0.777. The van der Waals surface area contributed by atoms with Gasteiger partial charge in [-0.3, -0.25) is 0 Å². The first-order chi connectivity index (χ1) is 8.90. The topological polar surface area (TPSA) is 25.8 Å². The minimum atomic E-state index is 0.372. The predicted molar refractivity (Wildman–Crippen MR) is 81.8 cm³/mol. The summed E-state index contributed by atoms with van der Waals surface area (Å²) in [6.45, 7) is 13.3. The fourth-order valence-electron chi connectivity index (χ4n) is 2.41. The zero-order valence-corrected chi connectivity index (χ0v) is 12.9. The maximum atomic E-state index is 4.71. The third kappa shape index (κ3) is 2.78. The quantitative estimate of drug-likeness (QED) is 0.772. The van der Waals surface area contributed by atoms with Crippen LogP contribution in [0.25, 0.3) is 10.9 Å². The van der Waals surface area contributed by atoms with Crippen molar-refractivity contribution in [1.29, 1.82) is 0 Å². The molecule has 0 unspecified atom stereocenters. The molecule has 0 aliphatic heterocycles. The molecule has 2 heteroatoms. The van der Waals surface area contributed by atoms with E-state index >= 15 is 0 Å². The first-order valence-electron chi connectivity index (χ1n) is 7.20. The van der Waals surface area contributed by atoms with E-state index in [1.807, 2.05) is 6.20 Å². The summed E-state index contributed by atoms with van der Waals surface area (Å²) in [6.07, 6.45) is 1.97. The Morgan fingerprint density at radius 3 is 1.89 bits per heavy atom. The molecule has 0 radical (unpaired) electrons. The molecule has 2 aromatic rings. The summed E-state index contributed by atoms with van der Waals surface area (Å²) in [5, 5.41) is 1.15. The maximum Gasteiger partial charge on any atom is 0.131 e. The van der Waals surface area contributed by atoms with Crippen LogP contribution in [0.3, 0.4) is 0 Å². The van der Waals surface area contributed by atoms with Crippen LogP contribution in [-0.2, 0) is 0 Å². The largest absolute Gasteiger partial charge is 0.240 e. The Labute approximate surface area is 116 Å². The molecular weight excluding hydrogens is 232 g/mol. The first-order valence-corrected chi connectivity index (χ1v) is 7.20. The Morgan fingerprint density at radius 2 is 1.37 bits per heavy atom. The van der Waals surface area contributed by atoms with E-state index in [2.05, 4.69) is 58.7 Å². The molecule has 0 amide bonds. The summed E-state index contributed by atoms with van der Waals surface area (Å²) < 4.78 is 0. The monoisotopic (exact) mass is 256 g/mol. The molecule has 2 rings (SSSR count). The molecule has 0 N–H and O–H groups in total. The summed E-state index contributed by atoms with van der Waals surface area (Å²) in [5.74, 6) is 2.36. The molecule has 102 valence electrons. The number of aromatic nitrogens is 2. The van der Waals surface area contributed by atoms with Crippen molar-refractivity contribution < 1.29 is 0 Å². The van der Waals surface area contributed by atoms with Gasteiger partial charge in [0.05, 0.1) is 5.52 Å². The van der Waals surface area contributed by atoms with Gasteiger partial charge in [-0.2, -0.15) is 0 Å². The van der Waals surface area contributed by atoms with Crippen LogP contribution in [0.2, 0.25) is 0 Å². The Bertz CT molecular complexity index is 583. The fraction of sp³-hybridized carbons (Fsp3) is 0.529. The molecule has 0 aliphatic rings. The minimum Gasteiger partial charge on any atom is -0.240 e. The van der Waals surface area contributed by atoms with Crippen LogP contribution in [0, 0.1) is 0 Å². The van der Waals surface area contributed by atoms with Gasteiger partial charge in [0, 0.05) is 17.5 Å². The van der Waals surface area contributed by atoms with Crippen LogP contribution in [-0.4, -0.2) is 9.97 Å². The zero-order chi connectivity index (χ0) is 14.2. The molecule has 0 bridgehead atoms. The molecular formula is C17H24N2. The Balaban J connectivity index is 2.67. The van der Waals surface area contributed by atoms with Gasteiger partial charge in [0.15, 0.2) is 0 Å². The number of hydrogen-bond donors (Lipinski definition) is 0. The summed E-state index contributed by atoms with van der Waals surface area (Å²) in [5.41, 5.74) is 3.91. The molecule has 0 aliphatic carbocycles. The zero-order valence-electron chi connectivity index (χ0n) is 12.9. The van der Waals surface area contributed by atoms with Crippen LogP contribution in [0.4, 0.5) is 0 Å². The van der Waals surface area contributed by atoms with Crippen molar-refractivity contribution in [2.45, 2.75) is 59.3 Å².